The van der Waals surface area contributed by atoms with E-state index >= 15 is 0 Å². The molecule has 3 aromatic carbocycles. The summed E-state index contributed by atoms with van der Waals surface area (Å²) in [7, 11) is 1.26. The Labute approximate surface area is 185 Å². The Morgan fingerprint density at radius 1 is 1.00 bits per heavy atom. The highest BCUT2D eigenvalue weighted by Crippen LogP contribution is 2.44. The monoisotopic (exact) mass is 430 g/mol. The number of nitrogens with zero attached hydrogens (tertiary/aromatic N) is 1. The standard InChI is InChI=1S/C25H22N2O5/c1-16-11-13-17(14-12-16)25(31)19-8-4-6-10-21(19)27(24(25)30)15-22(28)26-20-9-5-3-7-18(20)23(29)32-2/h3-14,31H,15H2,1-2H3,(H,26,28)/t25-/m0/s1. The van der Waals surface area contributed by atoms with Gasteiger partial charge in [0.05, 0.1) is 24.0 Å². The summed E-state index contributed by atoms with van der Waals surface area (Å²) in [6.07, 6.45) is 0. The van der Waals surface area contributed by atoms with Crippen molar-refractivity contribution in [2.75, 3.05) is 23.9 Å². The number of fused-ring (bicyclic) bond motifs is 1. The fourth-order valence-electron chi connectivity index (χ4n) is 3.88. The van der Waals surface area contributed by atoms with Gasteiger partial charge in [0.1, 0.15) is 6.54 Å². The number of aliphatic hydroxyl groups is 1. The number of nitrogens with one attached hydrogen (secondary N) is 1. The highest BCUT2D eigenvalue weighted by Gasteiger charge is 2.51. The van der Waals surface area contributed by atoms with Crippen LogP contribution in [0, 0.1) is 6.92 Å². The van der Waals surface area contributed by atoms with Crippen LogP contribution in [-0.2, 0) is 19.9 Å². The Balaban J connectivity index is 1.64. The molecule has 1 heterocycles. The van der Waals surface area contributed by atoms with E-state index in [1.807, 2.05) is 19.1 Å². The van der Waals surface area contributed by atoms with Gasteiger partial charge < -0.3 is 15.2 Å². The number of hydrogen-bond acceptors (Lipinski definition) is 5. The number of para-hydroxylation sites is 2. The average Bonchev–Trinajstić information content (AvgIpc) is 3.02. The number of esters is 1. The minimum Gasteiger partial charge on any atom is -0.465 e. The Bertz CT molecular complexity index is 1200. The fraction of sp³-hybridized carbons (Fsp3) is 0.160. The molecule has 1 aliphatic heterocycles. The predicted molar refractivity (Wildman–Crippen MR) is 119 cm³/mol. The Hall–Kier alpha value is -3.97. The van der Waals surface area contributed by atoms with E-state index in [2.05, 4.69) is 5.32 Å². The van der Waals surface area contributed by atoms with Crippen LogP contribution in [0.5, 0.6) is 0 Å². The van der Waals surface area contributed by atoms with Gasteiger partial charge in [-0.25, -0.2) is 4.79 Å². The van der Waals surface area contributed by atoms with Crippen molar-refractivity contribution in [1.29, 1.82) is 0 Å². The quantitative estimate of drug-likeness (QED) is 0.607. The van der Waals surface area contributed by atoms with Crippen LogP contribution >= 0.6 is 0 Å². The van der Waals surface area contributed by atoms with E-state index in [-0.39, 0.29) is 17.8 Å². The molecule has 162 valence electrons. The van der Waals surface area contributed by atoms with Crippen molar-refractivity contribution >= 4 is 29.2 Å². The minimum atomic E-state index is -1.89. The lowest BCUT2D eigenvalue weighted by Gasteiger charge is -2.23. The van der Waals surface area contributed by atoms with Crippen molar-refractivity contribution in [3.8, 4) is 0 Å². The van der Waals surface area contributed by atoms with Crippen molar-refractivity contribution in [3.05, 3.63) is 95.1 Å². The van der Waals surface area contributed by atoms with Crippen molar-refractivity contribution in [2.45, 2.75) is 12.5 Å². The number of rotatable bonds is 5. The molecule has 0 saturated carbocycles. The lowest BCUT2D eigenvalue weighted by molar-refractivity contribution is -0.133. The second kappa shape index (κ2) is 8.28. The van der Waals surface area contributed by atoms with Crippen LogP contribution in [0.2, 0.25) is 0 Å². The Kier molecular flexibility index (Phi) is 5.50. The normalized spacial score (nSPS) is 17.1. The lowest BCUT2D eigenvalue weighted by Crippen LogP contribution is -2.44. The Morgan fingerprint density at radius 2 is 1.66 bits per heavy atom. The van der Waals surface area contributed by atoms with Gasteiger partial charge in [-0.2, -0.15) is 0 Å². The molecule has 1 atom stereocenters. The molecule has 0 aliphatic carbocycles. The number of carbonyl (C=O) groups excluding carboxylic acids is 3. The Morgan fingerprint density at radius 3 is 2.38 bits per heavy atom. The molecule has 0 unspecified atom stereocenters. The third-order valence-electron chi connectivity index (χ3n) is 5.52. The number of benzene rings is 3. The maximum atomic E-state index is 13.4. The van der Waals surface area contributed by atoms with Gasteiger partial charge >= 0.3 is 5.97 Å². The second-order valence-electron chi connectivity index (χ2n) is 7.57. The SMILES string of the molecule is COC(=O)c1ccccc1NC(=O)CN1C(=O)[C@](O)(c2ccc(C)cc2)c2ccccc21. The summed E-state index contributed by atoms with van der Waals surface area (Å²) in [4.78, 5) is 39.5. The summed E-state index contributed by atoms with van der Waals surface area (Å²) in [5.74, 6) is -1.71. The molecular formula is C25H22N2O5. The minimum absolute atomic E-state index is 0.202. The molecule has 0 spiro atoms. The maximum Gasteiger partial charge on any atom is 0.339 e. The van der Waals surface area contributed by atoms with Crippen LogP contribution in [-0.4, -0.2) is 36.5 Å². The summed E-state index contributed by atoms with van der Waals surface area (Å²) in [5.41, 5.74) is 0.879. The fourth-order valence-corrected chi connectivity index (χ4v) is 3.88. The van der Waals surface area contributed by atoms with Crippen LogP contribution in [0.1, 0.15) is 27.0 Å². The molecule has 0 bridgehead atoms. The number of aryl methyl sites for hydroxylation is 1. The zero-order chi connectivity index (χ0) is 22.9. The molecule has 32 heavy (non-hydrogen) atoms. The smallest absolute Gasteiger partial charge is 0.339 e. The maximum absolute atomic E-state index is 13.4. The molecule has 2 N–H and O–H groups in total. The zero-order valence-corrected chi connectivity index (χ0v) is 17.7. The molecule has 0 fully saturated rings. The number of hydrogen-bond donors (Lipinski definition) is 2. The topological polar surface area (TPSA) is 95.9 Å². The van der Waals surface area contributed by atoms with Gasteiger partial charge in [0.15, 0.2) is 5.60 Å². The third-order valence-corrected chi connectivity index (χ3v) is 5.52. The van der Waals surface area contributed by atoms with Gasteiger partial charge in [-0.05, 0) is 30.7 Å². The van der Waals surface area contributed by atoms with E-state index in [1.54, 1.807) is 54.6 Å². The largest absolute Gasteiger partial charge is 0.465 e. The summed E-state index contributed by atoms with van der Waals surface area (Å²) < 4.78 is 4.75. The van der Waals surface area contributed by atoms with Gasteiger partial charge in [0, 0.05) is 5.56 Å². The third kappa shape index (κ3) is 3.52. The van der Waals surface area contributed by atoms with Crippen LogP contribution in [0.15, 0.2) is 72.8 Å². The average molecular weight is 430 g/mol. The molecule has 4 rings (SSSR count). The number of methoxy groups -OCH3 is 1. The molecular weight excluding hydrogens is 408 g/mol. The first-order valence-corrected chi connectivity index (χ1v) is 10.0. The first kappa shape index (κ1) is 21.3. The molecule has 1 aliphatic rings. The second-order valence-corrected chi connectivity index (χ2v) is 7.57. The van der Waals surface area contributed by atoms with Crippen LogP contribution in [0.3, 0.4) is 0 Å². The van der Waals surface area contributed by atoms with Crippen LogP contribution < -0.4 is 10.2 Å². The van der Waals surface area contributed by atoms with E-state index < -0.39 is 23.4 Å². The predicted octanol–water partition coefficient (Wildman–Crippen LogP) is 3.00. The van der Waals surface area contributed by atoms with E-state index in [9.17, 15) is 19.5 Å². The van der Waals surface area contributed by atoms with E-state index in [0.29, 0.717) is 16.8 Å². The molecule has 3 aromatic rings. The summed E-state index contributed by atoms with van der Waals surface area (Å²) in [5, 5.41) is 14.2. The van der Waals surface area contributed by atoms with Gasteiger partial charge in [0.25, 0.3) is 5.91 Å². The first-order valence-electron chi connectivity index (χ1n) is 10.0. The van der Waals surface area contributed by atoms with Crippen molar-refractivity contribution in [1.82, 2.24) is 0 Å². The highest BCUT2D eigenvalue weighted by molar-refractivity contribution is 6.13. The van der Waals surface area contributed by atoms with E-state index in [0.717, 1.165) is 5.56 Å². The number of ether oxygens (including phenoxy) is 1. The number of carbonyl (C=O) groups is 3. The summed E-state index contributed by atoms with van der Waals surface area (Å²) in [6.45, 7) is 1.58. The lowest BCUT2D eigenvalue weighted by atomic mass is 9.87. The van der Waals surface area contributed by atoms with Gasteiger partial charge in [0.2, 0.25) is 5.91 Å². The van der Waals surface area contributed by atoms with Crippen LogP contribution in [0.25, 0.3) is 0 Å². The molecule has 0 radical (unpaired) electrons. The molecule has 7 nitrogen and oxygen atoms in total. The molecule has 2 amide bonds. The zero-order valence-electron chi connectivity index (χ0n) is 17.7. The first-order chi connectivity index (χ1) is 15.4. The highest BCUT2D eigenvalue weighted by atomic mass is 16.5. The van der Waals surface area contributed by atoms with Gasteiger partial charge in [-0.3, -0.25) is 14.5 Å². The molecule has 7 heteroatoms. The van der Waals surface area contributed by atoms with Crippen LogP contribution in [0.4, 0.5) is 11.4 Å². The molecule has 0 aromatic heterocycles. The number of amides is 2. The number of anilines is 2. The molecule has 0 saturated heterocycles. The van der Waals surface area contributed by atoms with E-state index in [1.165, 1.54) is 18.1 Å². The van der Waals surface area contributed by atoms with E-state index in [4.69, 9.17) is 4.74 Å². The van der Waals surface area contributed by atoms with Crippen molar-refractivity contribution in [3.63, 3.8) is 0 Å². The van der Waals surface area contributed by atoms with Gasteiger partial charge in [-0.1, -0.05) is 60.2 Å². The summed E-state index contributed by atoms with van der Waals surface area (Å²) >= 11 is 0. The summed E-state index contributed by atoms with van der Waals surface area (Å²) in [6, 6.07) is 20.3. The van der Waals surface area contributed by atoms with Crippen molar-refractivity contribution in [2.24, 2.45) is 0 Å². The van der Waals surface area contributed by atoms with Gasteiger partial charge in [-0.15, -0.1) is 0 Å². The van der Waals surface area contributed by atoms with Crippen molar-refractivity contribution < 1.29 is 24.2 Å².